The van der Waals surface area contributed by atoms with E-state index in [1.807, 2.05) is 0 Å². The van der Waals surface area contributed by atoms with Crippen molar-refractivity contribution in [1.82, 2.24) is 0 Å². The minimum absolute atomic E-state index is 0.00235. The molecule has 2 aliphatic rings. The van der Waals surface area contributed by atoms with E-state index in [0.717, 1.165) is 16.4 Å². The predicted molar refractivity (Wildman–Crippen MR) is 130 cm³/mol. The van der Waals surface area contributed by atoms with Crippen molar-refractivity contribution in [1.29, 1.82) is 0 Å². The molecule has 2 aromatic rings. The first kappa shape index (κ1) is 26.3. The van der Waals surface area contributed by atoms with Gasteiger partial charge in [-0.05, 0) is 59.1 Å². The highest BCUT2D eigenvalue weighted by Gasteiger charge is 2.62. The number of alkyl halides is 3. The third-order valence-electron chi connectivity index (χ3n) is 5.39. The molecule has 0 aromatic heterocycles. The molecule has 0 radical (unpaired) electrons. The Labute approximate surface area is 218 Å². The van der Waals surface area contributed by atoms with Crippen molar-refractivity contribution >= 4 is 75.5 Å². The number of oxime groups is 1. The summed E-state index contributed by atoms with van der Waals surface area (Å²) in [6, 6.07) is 7.22. The Kier molecular flexibility index (Phi) is 6.95. The van der Waals surface area contributed by atoms with Gasteiger partial charge in [0.2, 0.25) is 10.3 Å². The average molecular weight is 634 g/mol. The maximum atomic E-state index is 14.2. The van der Waals surface area contributed by atoms with Gasteiger partial charge in [0.15, 0.2) is 4.70 Å². The van der Waals surface area contributed by atoms with Crippen molar-refractivity contribution in [3.8, 4) is 0 Å². The molecule has 0 N–H and O–H groups in total. The summed E-state index contributed by atoms with van der Waals surface area (Å²) >= 11 is 15.1. The third-order valence-corrected chi connectivity index (χ3v) is 9.10. The summed E-state index contributed by atoms with van der Waals surface area (Å²) in [7, 11) is -7.26. The lowest BCUT2D eigenvalue weighted by atomic mass is 9.86. The zero-order valence-electron chi connectivity index (χ0n) is 17.3. The Morgan fingerprint density at radius 2 is 1.77 bits per heavy atom. The Balaban J connectivity index is 1.71. The van der Waals surface area contributed by atoms with Gasteiger partial charge < -0.3 is 4.84 Å². The number of anilines is 1. The van der Waals surface area contributed by atoms with Crippen LogP contribution >= 0.6 is 39.1 Å². The topological polar surface area (TPSA) is 93.1 Å². The highest BCUT2D eigenvalue weighted by atomic mass is 79.9. The molecule has 2 aromatic carbocycles. The minimum Gasteiger partial charge on any atom is -0.374 e. The van der Waals surface area contributed by atoms with E-state index in [9.17, 15) is 30.0 Å². The molecule has 1 heterocycles. The van der Waals surface area contributed by atoms with Crippen LogP contribution in [0.1, 0.15) is 30.4 Å². The lowest BCUT2D eigenvalue weighted by Gasteiger charge is -2.29. The summed E-state index contributed by atoms with van der Waals surface area (Å²) < 4.78 is 91.2. The number of halogens is 6. The van der Waals surface area contributed by atoms with Gasteiger partial charge in [-0.2, -0.15) is 21.6 Å². The van der Waals surface area contributed by atoms with Crippen molar-refractivity contribution in [3.63, 3.8) is 0 Å². The summed E-state index contributed by atoms with van der Waals surface area (Å²) in [5.74, 6) is 0. The van der Waals surface area contributed by atoms with Crippen LogP contribution in [-0.4, -0.2) is 39.5 Å². The summed E-state index contributed by atoms with van der Waals surface area (Å²) in [6.07, 6.45) is -4.50. The van der Waals surface area contributed by atoms with Crippen LogP contribution < -0.4 is 4.31 Å². The van der Waals surface area contributed by atoms with Crippen LogP contribution in [0.3, 0.4) is 0 Å². The van der Waals surface area contributed by atoms with Gasteiger partial charge in [0.1, 0.15) is 0 Å². The van der Waals surface area contributed by atoms with E-state index in [1.165, 1.54) is 24.3 Å². The molecule has 1 atom stereocenters. The van der Waals surface area contributed by atoms with Gasteiger partial charge in [-0.1, -0.05) is 34.4 Å². The second-order valence-electron chi connectivity index (χ2n) is 7.88. The van der Waals surface area contributed by atoms with Gasteiger partial charge in [-0.25, -0.2) is 8.42 Å². The van der Waals surface area contributed by atoms with Gasteiger partial charge in [-0.15, -0.1) is 0 Å². The lowest BCUT2D eigenvalue weighted by Crippen LogP contribution is -2.42. The number of hydrogen-bond acceptors (Lipinski definition) is 6. The van der Waals surface area contributed by atoms with E-state index >= 15 is 0 Å². The Morgan fingerprint density at radius 1 is 1.14 bits per heavy atom. The fraction of sp³-hybridized carbons (Fsp3) is 0.300. The summed E-state index contributed by atoms with van der Waals surface area (Å²) in [4.78, 5) is 4.98. The van der Waals surface area contributed by atoms with Crippen molar-refractivity contribution in [2.24, 2.45) is 5.16 Å². The molecule has 188 valence electrons. The molecule has 1 aliphatic carbocycles. The quantitative estimate of drug-likeness (QED) is 0.404. The Morgan fingerprint density at radius 3 is 2.29 bits per heavy atom. The molecule has 7 nitrogen and oxygen atoms in total. The zero-order chi connectivity index (χ0) is 25.8. The normalized spacial score (nSPS) is 20.2. The summed E-state index contributed by atoms with van der Waals surface area (Å²) in [6.45, 7) is 0. The summed E-state index contributed by atoms with van der Waals surface area (Å²) in [5.41, 5.74) is -2.80. The highest BCUT2D eigenvalue weighted by molar-refractivity contribution is 9.10. The van der Waals surface area contributed by atoms with Crippen molar-refractivity contribution in [3.05, 3.63) is 62.0 Å². The van der Waals surface area contributed by atoms with Crippen LogP contribution in [0.2, 0.25) is 10.0 Å². The Hall–Kier alpha value is -1.80. The number of nitrogens with zero attached hydrogens (tertiary/aromatic N) is 2. The Bertz CT molecular complexity index is 1450. The third kappa shape index (κ3) is 5.19. The molecule has 1 saturated carbocycles. The maximum absolute atomic E-state index is 14.2. The molecule has 4 rings (SSSR count). The largest absolute Gasteiger partial charge is 0.435 e. The first-order valence-electron chi connectivity index (χ1n) is 9.79. The second-order valence-corrected chi connectivity index (χ2v) is 12.3. The van der Waals surface area contributed by atoms with E-state index in [4.69, 9.17) is 28.0 Å². The first-order chi connectivity index (χ1) is 16.2. The van der Waals surface area contributed by atoms with Crippen molar-refractivity contribution in [2.75, 3.05) is 4.31 Å². The first-order valence-corrected chi connectivity index (χ1v) is 14.0. The lowest BCUT2D eigenvalue weighted by molar-refractivity contribution is -0.275. The number of rotatable bonds is 6. The van der Waals surface area contributed by atoms with E-state index in [0.29, 0.717) is 12.8 Å². The zero-order valence-corrected chi connectivity index (χ0v) is 22.0. The molecule has 1 unspecified atom stereocenters. The average Bonchev–Trinajstić information content (AvgIpc) is 3.41. The van der Waals surface area contributed by atoms with Crippen molar-refractivity contribution in [2.45, 2.75) is 37.1 Å². The SMILES string of the molecule is O=S(=O)=CS(=O)(=O)N(c1ccc(C2=NOC(c3cc(Cl)cc(Cl)c3)(C(F)(F)F)C2)cc1Br)C1CC1. The van der Waals surface area contributed by atoms with Crippen LogP contribution in [0.5, 0.6) is 0 Å². The van der Waals surface area contributed by atoms with E-state index in [2.05, 4.69) is 21.1 Å². The fourth-order valence-corrected chi connectivity index (χ4v) is 7.15. The second kappa shape index (κ2) is 9.25. The van der Waals surface area contributed by atoms with Crippen LogP contribution in [0.15, 0.2) is 46.0 Å². The van der Waals surface area contributed by atoms with Gasteiger partial charge in [0, 0.05) is 38.1 Å². The van der Waals surface area contributed by atoms with Gasteiger partial charge in [0.05, 0.1) is 11.4 Å². The molecule has 1 aliphatic heterocycles. The monoisotopic (exact) mass is 632 g/mol. The smallest absolute Gasteiger partial charge is 0.374 e. The molecule has 15 heteroatoms. The standard InChI is InChI=1S/C20H14BrCl2F3N2O5S2/c21-16-5-11(1-4-18(16)28(15-2-3-15)35(31,32)10-34(29)30)17-9-19(33-27-17,20(24,25)26)12-6-13(22)8-14(23)7-12/h1,4-8,10,15H,2-3,9H2. The van der Waals surface area contributed by atoms with E-state index in [1.54, 1.807) is 0 Å². The van der Waals surface area contributed by atoms with E-state index < -0.39 is 44.6 Å². The number of benzene rings is 2. The number of hydrogen-bond donors (Lipinski definition) is 0. The maximum Gasteiger partial charge on any atom is 0.435 e. The van der Waals surface area contributed by atoms with Crippen LogP contribution in [0.4, 0.5) is 18.9 Å². The summed E-state index contributed by atoms with van der Waals surface area (Å²) in [5, 5.41) is 3.68. The molecule has 35 heavy (non-hydrogen) atoms. The fourth-order valence-electron chi connectivity index (χ4n) is 3.71. The van der Waals surface area contributed by atoms with Crippen molar-refractivity contribution < 1.29 is 34.8 Å². The molecule has 0 amide bonds. The van der Waals surface area contributed by atoms with Gasteiger partial charge in [-0.3, -0.25) is 4.31 Å². The highest BCUT2D eigenvalue weighted by Crippen LogP contribution is 2.50. The van der Waals surface area contributed by atoms with Crippen LogP contribution in [0, 0.1) is 0 Å². The molecule has 0 bridgehead atoms. The molecule has 1 fully saturated rings. The van der Waals surface area contributed by atoms with Gasteiger partial charge in [0.25, 0.3) is 15.6 Å². The van der Waals surface area contributed by atoms with Crippen LogP contribution in [-0.2, 0) is 30.8 Å². The van der Waals surface area contributed by atoms with E-state index in [-0.39, 0.29) is 41.7 Å². The number of sulfonamides is 1. The molecule has 0 spiro atoms. The molecule has 0 saturated heterocycles. The minimum atomic E-state index is -4.87. The van der Waals surface area contributed by atoms with Crippen LogP contribution in [0.25, 0.3) is 0 Å². The predicted octanol–water partition coefficient (Wildman–Crippen LogP) is 5.28. The van der Waals surface area contributed by atoms with Gasteiger partial charge >= 0.3 is 6.18 Å². The molecular weight excluding hydrogens is 620 g/mol. The molecular formula is C20H14BrCl2F3N2O5S2.